The Balaban J connectivity index is 1.91. The molecule has 0 fully saturated rings. The third-order valence-electron chi connectivity index (χ3n) is 2.57. The van der Waals surface area contributed by atoms with Crippen molar-refractivity contribution in [2.45, 2.75) is 6.54 Å². The number of benzene rings is 1. The van der Waals surface area contributed by atoms with Gasteiger partial charge >= 0.3 is 0 Å². The largest absolute Gasteiger partial charge is 0.347 e. The summed E-state index contributed by atoms with van der Waals surface area (Å²) in [6, 6.07) is 9.90. The molecule has 0 aliphatic rings. The standard InChI is InChI=1S/C13H10N2OS/c16-9-10-5-6-15(7-10)8-13-14-11-3-1-2-4-12(11)17-13/h1-7,9H,8H2. The second kappa shape index (κ2) is 4.14. The molecule has 3 rings (SSSR count). The molecule has 2 aromatic heterocycles. The van der Waals surface area contributed by atoms with Crippen molar-refractivity contribution in [2.75, 3.05) is 0 Å². The van der Waals surface area contributed by atoms with E-state index in [4.69, 9.17) is 0 Å². The van der Waals surface area contributed by atoms with Gasteiger partial charge in [0.1, 0.15) is 5.01 Å². The Morgan fingerprint density at radius 2 is 2.18 bits per heavy atom. The molecule has 0 aliphatic heterocycles. The summed E-state index contributed by atoms with van der Waals surface area (Å²) < 4.78 is 3.17. The van der Waals surface area contributed by atoms with E-state index >= 15 is 0 Å². The van der Waals surface area contributed by atoms with E-state index in [2.05, 4.69) is 11.1 Å². The van der Waals surface area contributed by atoms with Gasteiger partial charge in [-0.2, -0.15) is 0 Å². The molecule has 2 heterocycles. The third-order valence-corrected chi connectivity index (χ3v) is 3.59. The third kappa shape index (κ3) is 1.99. The molecule has 0 saturated heterocycles. The van der Waals surface area contributed by atoms with Gasteiger partial charge in [0.25, 0.3) is 0 Å². The van der Waals surface area contributed by atoms with Gasteiger partial charge in [-0.15, -0.1) is 11.3 Å². The van der Waals surface area contributed by atoms with Crippen molar-refractivity contribution in [2.24, 2.45) is 0 Å². The minimum absolute atomic E-state index is 0.700. The highest BCUT2D eigenvalue weighted by Gasteiger charge is 2.04. The SMILES string of the molecule is O=Cc1ccn(Cc2nc3ccccc3s2)c1. The second-order valence-corrected chi connectivity index (χ2v) is 4.93. The predicted octanol–water partition coefficient (Wildman–Crippen LogP) is 2.96. The number of aromatic nitrogens is 2. The number of hydrogen-bond donors (Lipinski definition) is 0. The lowest BCUT2D eigenvalue weighted by Gasteiger charge is -1.96. The van der Waals surface area contributed by atoms with Crippen LogP contribution < -0.4 is 0 Å². The summed E-state index contributed by atoms with van der Waals surface area (Å²) >= 11 is 1.69. The van der Waals surface area contributed by atoms with Crippen LogP contribution >= 0.6 is 11.3 Å². The van der Waals surface area contributed by atoms with Gasteiger partial charge < -0.3 is 4.57 Å². The first-order valence-electron chi connectivity index (χ1n) is 5.30. The van der Waals surface area contributed by atoms with E-state index in [9.17, 15) is 4.79 Å². The number of hydrogen-bond acceptors (Lipinski definition) is 3. The highest BCUT2D eigenvalue weighted by Crippen LogP contribution is 2.22. The van der Waals surface area contributed by atoms with Crippen molar-refractivity contribution in [1.29, 1.82) is 0 Å². The molecule has 0 amide bonds. The van der Waals surface area contributed by atoms with E-state index in [0.717, 1.165) is 16.8 Å². The zero-order valence-corrected chi connectivity index (χ0v) is 9.85. The summed E-state index contributed by atoms with van der Waals surface area (Å²) in [5.41, 5.74) is 1.74. The summed E-state index contributed by atoms with van der Waals surface area (Å²) in [6.07, 6.45) is 4.59. The first-order chi connectivity index (χ1) is 8.35. The summed E-state index contributed by atoms with van der Waals surface area (Å²) in [6.45, 7) is 0.715. The number of carbonyl (C=O) groups excluding carboxylic acids is 1. The average Bonchev–Trinajstić information content (AvgIpc) is 2.94. The van der Waals surface area contributed by atoms with Crippen molar-refractivity contribution in [1.82, 2.24) is 9.55 Å². The van der Waals surface area contributed by atoms with Gasteiger partial charge in [0, 0.05) is 18.0 Å². The smallest absolute Gasteiger partial charge is 0.151 e. The van der Waals surface area contributed by atoms with Crippen LogP contribution in [0.1, 0.15) is 15.4 Å². The van der Waals surface area contributed by atoms with Crippen LogP contribution in [0.2, 0.25) is 0 Å². The maximum Gasteiger partial charge on any atom is 0.151 e. The normalized spacial score (nSPS) is 10.8. The minimum Gasteiger partial charge on any atom is -0.347 e. The monoisotopic (exact) mass is 242 g/mol. The number of carbonyl (C=O) groups is 1. The minimum atomic E-state index is 0.700. The molecule has 0 aliphatic carbocycles. The lowest BCUT2D eigenvalue weighted by molar-refractivity contribution is 0.112. The molecule has 0 unspecified atom stereocenters. The van der Waals surface area contributed by atoms with Crippen molar-refractivity contribution in [3.63, 3.8) is 0 Å². The van der Waals surface area contributed by atoms with Gasteiger partial charge in [-0.25, -0.2) is 4.98 Å². The van der Waals surface area contributed by atoms with Gasteiger partial charge in [-0.1, -0.05) is 12.1 Å². The Bertz CT molecular complexity index is 636. The Kier molecular flexibility index (Phi) is 2.49. The lowest BCUT2D eigenvalue weighted by atomic mass is 10.3. The maximum absolute atomic E-state index is 10.6. The van der Waals surface area contributed by atoms with E-state index in [1.165, 1.54) is 4.70 Å². The van der Waals surface area contributed by atoms with Crippen LogP contribution in [0.3, 0.4) is 0 Å². The molecule has 17 heavy (non-hydrogen) atoms. The number of para-hydroxylation sites is 1. The van der Waals surface area contributed by atoms with E-state index in [0.29, 0.717) is 12.1 Å². The quantitative estimate of drug-likeness (QED) is 0.662. The molecule has 0 atom stereocenters. The molecule has 0 N–H and O–H groups in total. The van der Waals surface area contributed by atoms with Crippen LogP contribution in [0.4, 0.5) is 0 Å². The topological polar surface area (TPSA) is 34.9 Å². The number of fused-ring (bicyclic) bond motifs is 1. The number of thiazole rings is 1. The van der Waals surface area contributed by atoms with Crippen molar-refractivity contribution < 1.29 is 4.79 Å². The van der Waals surface area contributed by atoms with Crippen LogP contribution in [0, 0.1) is 0 Å². The molecule has 1 aromatic carbocycles. The summed E-state index contributed by atoms with van der Waals surface area (Å²) in [5.74, 6) is 0. The molecule has 4 heteroatoms. The molecule has 0 spiro atoms. The Morgan fingerprint density at radius 3 is 2.94 bits per heavy atom. The van der Waals surface area contributed by atoms with E-state index in [1.54, 1.807) is 17.4 Å². The summed E-state index contributed by atoms with van der Waals surface area (Å²) in [7, 11) is 0. The Labute approximate surface area is 102 Å². The maximum atomic E-state index is 10.6. The fourth-order valence-electron chi connectivity index (χ4n) is 1.77. The van der Waals surface area contributed by atoms with E-state index in [1.807, 2.05) is 35.2 Å². The van der Waals surface area contributed by atoms with Crippen molar-refractivity contribution >= 4 is 27.8 Å². The Morgan fingerprint density at radius 1 is 1.29 bits per heavy atom. The zero-order chi connectivity index (χ0) is 11.7. The average molecular weight is 242 g/mol. The molecule has 3 nitrogen and oxygen atoms in total. The Hall–Kier alpha value is -1.94. The van der Waals surface area contributed by atoms with Crippen LogP contribution in [0.15, 0.2) is 42.7 Å². The first kappa shape index (κ1) is 10.2. The van der Waals surface area contributed by atoms with Crippen molar-refractivity contribution in [3.05, 3.63) is 53.3 Å². The number of rotatable bonds is 3. The molecule has 3 aromatic rings. The number of aldehydes is 1. The van der Waals surface area contributed by atoms with Gasteiger partial charge in [0.15, 0.2) is 6.29 Å². The van der Waals surface area contributed by atoms with Gasteiger partial charge in [0.2, 0.25) is 0 Å². The summed E-state index contributed by atoms with van der Waals surface area (Å²) in [5, 5.41) is 1.05. The lowest BCUT2D eigenvalue weighted by Crippen LogP contribution is -1.95. The number of nitrogens with zero attached hydrogens (tertiary/aromatic N) is 2. The fourth-order valence-corrected chi connectivity index (χ4v) is 2.75. The van der Waals surface area contributed by atoms with Gasteiger partial charge in [0.05, 0.1) is 16.8 Å². The van der Waals surface area contributed by atoms with Crippen LogP contribution in [-0.2, 0) is 6.54 Å². The van der Waals surface area contributed by atoms with E-state index in [-0.39, 0.29) is 0 Å². The highest BCUT2D eigenvalue weighted by atomic mass is 32.1. The molecule has 0 bridgehead atoms. The van der Waals surface area contributed by atoms with Crippen LogP contribution in [0.5, 0.6) is 0 Å². The van der Waals surface area contributed by atoms with Crippen LogP contribution in [-0.4, -0.2) is 15.8 Å². The fraction of sp³-hybridized carbons (Fsp3) is 0.0769. The second-order valence-electron chi connectivity index (χ2n) is 3.81. The summed E-state index contributed by atoms with van der Waals surface area (Å²) in [4.78, 5) is 15.1. The van der Waals surface area contributed by atoms with Crippen LogP contribution in [0.25, 0.3) is 10.2 Å². The predicted molar refractivity (Wildman–Crippen MR) is 68.5 cm³/mol. The van der Waals surface area contributed by atoms with E-state index < -0.39 is 0 Å². The molecule has 0 saturated carbocycles. The van der Waals surface area contributed by atoms with Gasteiger partial charge in [-0.3, -0.25) is 4.79 Å². The molecule has 84 valence electrons. The van der Waals surface area contributed by atoms with Crippen molar-refractivity contribution in [3.8, 4) is 0 Å². The van der Waals surface area contributed by atoms with Gasteiger partial charge in [-0.05, 0) is 18.2 Å². The molecule has 0 radical (unpaired) electrons. The zero-order valence-electron chi connectivity index (χ0n) is 9.04. The molecular weight excluding hydrogens is 232 g/mol. The molecular formula is C13H10N2OS. The highest BCUT2D eigenvalue weighted by molar-refractivity contribution is 7.18. The first-order valence-corrected chi connectivity index (χ1v) is 6.12.